The number of hydrogen-bond acceptors (Lipinski definition) is 3. The van der Waals surface area contributed by atoms with Crippen LogP contribution in [0.2, 0.25) is 0 Å². The summed E-state index contributed by atoms with van der Waals surface area (Å²) in [6.07, 6.45) is 1.81. The first kappa shape index (κ1) is 45.0. The molecule has 13 rings (SSSR count). The average molecular weight is 1080 g/mol. The third kappa shape index (κ3) is 7.39. The van der Waals surface area contributed by atoms with E-state index in [-0.39, 0.29) is 25.5 Å². The number of nitrogens with zero attached hydrogens (tertiary/aromatic N) is 3. The zero-order valence-electron chi connectivity index (χ0n) is 40.1. The van der Waals surface area contributed by atoms with Crippen LogP contribution in [-0.2, 0) is 25.5 Å². The molecule has 343 valence electrons. The molecule has 0 bridgehead atoms. The second kappa shape index (κ2) is 17.8. The van der Waals surface area contributed by atoms with Crippen molar-refractivity contribution in [2.45, 2.75) is 58.8 Å². The van der Waals surface area contributed by atoms with Crippen LogP contribution < -0.4 is 0 Å². The fourth-order valence-electron chi connectivity index (χ4n) is 10.8. The first-order chi connectivity index (χ1) is 33.7. The van der Waals surface area contributed by atoms with E-state index >= 15 is 0 Å². The van der Waals surface area contributed by atoms with Crippen LogP contribution >= 0.6 is 0 Å². The number of aromatic nitrogens is 3. The zero-order chi connectivity index (χ0) is 47.0. The topological polar surface area (TPSA) is 43.9 Å². The fourth-order valence-corrected chi connectivity index (χ4v) is 10.8. The SMILES string of the molecule is CC(C)c1cc(-c2ccccc2)cc(C(C)C)c1-n1c(-c2[c-]cc3c(ccc4ccccc43)c2)nc2ccccc21.CC1(C)c2ccccc2-c2c1ccc1c2oc2c(-c3ccccn3)[c-]ccc21.[Ir]. The molecule has 1 aliphatic rings. The van der Waals surface area contributed by atoms with E-state index in [4.69, 9.17) is 9.40 Å². The minimum Gasteiger partial charge on any atom is -0.500 e. The largest absolute Gasteiger partial charge is 0.500 e. The summed E-state index contributed by atoms with van der Waals surface area (Å²) >= 11 is 0. The van der Waals surface area contributed by atoms with E-state index in [1.54, 1.807) is 6.20 Å². The molecule has 0 saturated heterocycles. The molecule has 0 amide bonds. The van der Waals surface area contributed by atoms with Crippen LogP contribution in [0, 0.1) is 12.1 Å². The maximum Gasteiger partial charge on any atom is 0.129 e. The van der Waals surface area contributed by atoms with Crippen molar-refractivity contribution in [1.29, 1.82) is 0 Å². The second-order valence-electron chi connectivity index (χ2n) is 19.5. The van der Waals surface area contributed by atoms with Crippen LogP contribution in [0.4, 0.5) is 0 Å². The van der Waals surface area contributed by atoms with E-state index in [1.807, 2.05) is 24.3 Å². The van der Waals surface area contributed by atoms with Gasteiger partial charge in [0, 0.05) is 48.4 Å². The molecule has 0 fully saturated rings. The number of rotatable bonds is 6. The quantitative estimate of drug-likeness (QED) is 0.123. The van der Waals surface area contributed by atoms with Gasteiger partial charge in [0.1, 0.15) is 5.58 Å². The van der Waals surface area contributed by atoms with Gasteiger partial charge in [-0.15, -0.1) is 47.3 Å². The van der Waals surface area contributed by atoms with Gasteiger partial charge in [-0.1, -0.05) is 191 Å². The molecule has 3 aromatic heterocycles. The molecular weight excluding hydrogens is 1030 g/mol. The summed E-state index contributed by atoms with van der Waals surface area (Å²) in [5.41, 5.74) is 18.3. The molecule has 0 atom stereocenters. The Balaban J connectivity index is 0.000000160. The predicted molar refractivity (Wildman–Crippen MR) is 287 cm³/mol. The van der Waals surface area contributed by atoms with Crippen LogP contribution in [0.3, 0.4) is 0 Å². The molecule has 0 unspecified atom stereocenters. The van der Waals surface area contributed by atoms with Crippen molar-refractivity contribution in [2.24, 2.45) is 0 Å². The van der Waals surface area contributed by atoms with Gasteiger partial charge in [-0.25, -0.2) is 0 Å². The van der Waals surface area contributed by atoms with E-state index in [9.17, 15) is 0 Å². The Morgan fingerprint density at radius 1 is 0.571 bits per heavy atom. The van der Waals surface area contributed by atoms with Crippen LogP contribution in [0.1, 0.15) is 75.6 Å². The Labute approximate surface area is 423 Å². The summed E-state index contributed by atoms with van der Waals surface area (Å²) in [6, 6.07) is 71.5. The minimum atomic E-state index is -0.0327. The predicted octanol–water partition coefficient (Wildman–Crippen LogP) is 17.5. The Kier molecular flexibility index (Phi) is 11.5. The Bertz CT molecular complexity index is 3910. The number of benzene rings is 9. The van der Waals surface area contributed by atoms with Gasteiger partial charge in [0.05, 0.1) is 22.4 Å². The Morgan fingerprint density at radius 2 is 1.27 bits per heavy atom. The minimum absolute atomic E-state index is 0. The van der Waals surface area contributed by atoms with E-state index in [0.717, 1.165) is 55.6 Å². The van der Waals surface area contributed by atoms with Crippen molar-refractivity contribution in [1.82, 2.24) is 14.5 Å². The first-order valence-electron chi connectivity index (χ1n) is 24.1. The van der Waals surface area contributed by atoms with E-state index < -0.39 is 0 Å². The molecule has 0 saturated carbocycles. The van der Waals surface area contributed by atoms with Crippen molar-refractivity contribution in [3.63, 3.8) is 0 Å². The van der Waals surface area contributed by atoms with Crippen molar-refractivity contribution in [3.05, 3.63) is 223 Å². The standard InChI is InChI=1S/C39H33N2.C26H18NO.Ir/c1-25(2)34-23-31(27-12-6-5-7-13-27)24-35(26(3)4)38(34)41-37-17-11-10-16-36(37)40-39(41)30-20-21-33-29(22-30)19-18-28-14-8-9-15-32(28)33;1-26(2)20-11-4-3-8-18(20)23-21(26)14-13-17-16-9-7-10-19(24(16)28-25(17)23)22-12-5-6-15-27-22;/h5-19,21-26H,1-4H3;3-9,11-15H,1-2H3;/q2*-1;. The molecule has 3 heterocycles. The second-order valence-corrected chi connectivity index (χ2v) is 19.5. The van der Waals surface area contributed by atoms with Gasteiger partial charge in [0.25, 0.3) is 0 Å². The normalized spacial score (nSPS) is 12.7. The van der Waals surface area contributed by atoms with Crippen molar-refractivity contribution < 1.29 is 24.5 Å². The van der Waals surface area contributed by atoms with Crippen LogP contribution in [0.5, 0.6) is 0 Å². The molecular formula is C65H51IrN3O-2. The van der Waals surface area contributed by atoms with Gasteiger partial charge in [0.2, 0.25) is 0 Å². The van der Waals surface area contributed by atoms with Gasteiger partial charge >= 0.3 is 0 Å². The maximum absolute atomic E-state index is 6.56. The molecule has 4 nitrogen and oxygen atoms in total. The monoisotopic (exact) mass is 1080 g/mol. The third-order valence-electron chi connectivity index (χ3n) is 14.3. The van der Waals surface area contributed by atoms with Gasteiger partial charge in [-0.3, -0.25) is 4.98 Å². The van der Waals surface area contributed by atoms with Gasteiger partial charge in [-0.05, 0) is 92.2 Å². The summed E-state index contributed by atoms with van der Waals surface area (Å²) < 4.78 is 8.96. The number of furan rings is 1. The van der Waals surface area contributed by atoms with Crippen molar-refractivity contribution in [2.75, 3.05) is 0 Å². The summed E-state index contributed by atoms with van der Waals surface area (Å²) in [5, 5.41) is 7.17. The Hall–Kier alpha value is -7.43. The van der Waals surface area contributed by atoms with Gasteiger partial charge < -0.3 is 14.0 Å². The van der Waals surface area contributed by atoms with E-state index in [2.05, 4.69) is 221 Å². The van der Waals surface area contributed by atoms with E-state index in [0.29, 0.717) is 11.8 Å². The van der Waals surface area contributed by atoms with Crippen LogP contribution in [-0.4, -0.2) is 14.5 Å². The van der Waals surface area contributed by atoms with Crippen LogP contribution in [0.25, 0.3) is 105 Å². The average Bonchev–Trinajstić information content (AvgIpc) is 4.04. The van der Waals surface area contributed by atoms with Crippen molar-refractivity contribution in [3.8, 4) is 50.6 Å². The molecule has 9 aromatic carbocycles. The number of pyridine rings is 1. The van der Waals surface area contributed by atoms with E-state index in [1.165, 1.54) is 71.7 Å². The van der Waals surface area contributed by atoms with Crippen molar-refractivity contribution >= 4 is 54.5 Å². The maximum atomic E-state index is 6.56. The molecule has 0 spiro atoms. The molecule has 12 aromatic rings. The fraction of sp³-hybridized carbons (Fsp3) is 0.138. The number of fused-ring (bicyclic) bond motifs is 11. The van der Waals surface area contributed by atoms with Gasteiger partial charge in [0.15, 0.2) is 0 Å². The first-order valence-corrected chi connectivity index (χ1v) is 24.1. The summed E-state index contributed by atoms with van der Waals surface area (Å²) in [7, 11) is 0. The van der Waals surface area contributed by atoms with Crippen LogP contribution in [0.15, 0.2) is 193 Å². The number of imidazole rings is 1. The van der Waals surface area contributed by atoms with Gasteiger partial charge in [-0.2, -0.15) is 0 Å². The molecule has 5 heteroatoms. The molecule has 1 radical (unpaired) electrons. The molecule has 0 N–H and O–H groups in total. The summed E-state index contributed by atoms with van der Waals surface area (Å²) in [5.74, 6) is 1.58. The number of para-hydroxylation sites is 2. The molecule has 1 aliphatic carbocycles. The summed E-state index contributed by atoms with van der Waals surface area (Å²) in [4.78, 5) is 9.75. The molecule has 70 heavy (non-hydrogen) atoms. The Morgan fingerprint density at radius 3 is 2.06 bits per heavy atom. The zero-order valence-corrected chi connectivity index (χ0v) is 42.5. The smallest absolute Gasteiger partial charge is 0.129 e. The third-order valence-corrected chi connectivity index (χ3v) is 14.3. The number of hydrogen-bond donors (Lipinski definition) is 0. The summed E-state index contributed by atoms with van der Waals surface area (Å²) in [6.45, 7) is 13.8. The molecule has 0 aliphatic heterocycles.